The van der Waals surface area contributed by atoms with Crippen LogP contribution in [0, 0.1) is 12.8 Å². The van der Waals surface area contributed by atoms with Gasteiger partial charge in [0.05, 0.1) is 18.2 Å². The van der Waals surface area contributed by atoms with Crippen LogP contribution < -0.4 is 11.1 Å². The van der Waals surface area contributed by atoms with Crippen molar-refractivity contribution in [1.29, 1.82) is 0 Å². The number of rotatable bonds is 3. The maximum absolute atomic E-state index is 11.9. The van der Waals surface area contributed by atoms with Crippen LogP contribution in [-0.4, -0.2) is 16.9 Å². The second-order valence-corrected chi connectivity index (χ2v) is 4.69. The number of aromatic nitrogens is 1. The number of nitrogens with one attached hydrogen (secondary N) is 1. The van der Waals surface area contributed by atoms with E-state index >= 15 is 0 Å². The predicted octanol–water partition coefficient (Wildman–Crippen LogP) is 1.13. The lowest BCUT2D eigenvalue weighted by Gasteiger charge is -2.15. The van der Waals surface area contributed by atoms with Gasteiger partial charge in [0, 0.05) is 12.2 Å². The lowest BCUT2D eigenvalue weighted by molar-refractivity contribution is -0.125. The third-order valence-electron chi connectivity index (χ3n) is 3.45. The normalized spacial score (nSPS) is 23.6. The Balaban J connectivity index is 1.90. The molecule has 0 spiro atoms. The van der Waals surface area contributed by atoms with Gasteiger partial charge in [-0.15, -0.1) is 0 Å². The van der Waals surface area contributed by atoms with Crippen LogP contribution in [0.4, 0.5) is 0 Å². The summed E-state index contributed by atoms with van der Waals surface area (Å²) in [6, 6.07) is 3.92. The molecule has 17 heavy (non-hydrogen) atoms. The summed E-state index contributed by atoms with van der Waals surface area (Å²) >= 11 is 0. The zero-order chi connectivity index (χ0) is 12.3. The minimum Gasteiger partial charge on any atom is -0.350 e. The zero-order valence-corrected chi connectivity index (χ0v) is 10.1. The van der Waals surface area contributed by atoms with E-state index < -0.39 is 0 Å². The maximum atomic E-state index is 11.9. The SMILES string of the molecule is Cc1cccnc1CNC(=O)C1CCCC1N. The highest BCUT2D eigenvalue weighted by atomic mass is 16.1. The number of hydrogen-bond donors (Lipinski definition) is 2. The monoisotopic (exact) mass is 233 g/mol. The van der Waals surface area contributed by atoms with Gasteiger partial charge < -0.3 is 11.1 Å². The Morgan fingerprint density at radius 3 is 3.06 bits per heavy atom. The molecule has 1 fully saturated rings. The number of nitrogens with two attached hydrogens (primary N) is 1. The van der Waals surface area contributed by atoms with E-state index in [1.54, 1.807) is 6.20 Å². The number of amides is 1. The maximum Gasteiger partial charge on any atom is 0.224 e. The molecule has 0 bridgehead atoms. The Morgan fingerprint density at radius 2 is 2.41 bits per heavy atom. The van der Waals surface area contributed by atoms with Crippen molar-refractivity contribution in [1.82, 2.24) is 10.3 Å². The largest absolute Gasteiger partial charge is 0.350 e. The Labute approximate surface area is 102 Å². The first kappa shape index (κ1) is 12.0. The molecule has 3 N–H and O–H groups in total. The van der Waals surface area contributed by atoms with Crippen molar-refractivity contribution in [3.63, 3.8) is 0 Å². The number of aryl methyl sites for hydroxylation is 1. The van der Waals surface area contributed by atoms with E-state index in [0.29, 0.717) is 6.54 Å². The fraction of sp³-hybridized carbons (Fsp3) is 0.538. The molecule has 1 aromatic rings. The first-order chi connectivity index (χ1) is 8.18. The first-order valence-electron chi connectivity index (χ1n) is 6.12. The average molecular weight is 233 g/mol. The molecule has 2 rings (SSSR count). The minimum atomic E-state index is -0.0148. The average Bonchev–Trinajstić information content (AvgIpc) is 2.74. The predicted molar refractivity (Wildman–Crippen MR) is 66.1 cm³/mol. The van der Waals surface area contributed by atoms with E-state index in [4.69, 9.17) is 5.73 Å². The van der Waals surface area contributed by atoms with Crippen LogP contribution in [-0.2, 0) is 11.3 Å². The molecule has 92 valence electrons. The van der Waals surface area contributed by atoms with Gasteiger partial charge in [-0.3, -0.25) is 9.78 Å². The van der Waals surface area contributed by atoms with Gasteiger partial charge in [0.2, 0.25) is 5.91 Å². The first-order valence-corrected chi connectivity index (χ1v) is 6.12. The molecule has 1 amide bonds. The van der Waals surface area contributed by atoms with Crippen LogP contribution in [0.15, 0.2) is 18.3 Å². The van der Waals surface area contributed by atoms with Crippen LogP contribution in [0.3, 0.4) is 0 Å². The molecular formula is C13H19N3O. The quantitative estimate of drug-likeness (QED) is 0.822. The number of carbonyl (C=O) groups excluding carboxylic acids is 1. The van der Waals surface area contributed by atoms with E-state index in [1.807, 2.05) is 19.1 Å². The van der Waals surface area contributed by atoms with Gasteiger partial charge >= 0.3 is 0 Å². The highest BCUT2D eigenvalue weighted by Gasteiger charge is 2.29. The fourth-order valence-corrected chi connectivity index (χ4v) is 2.32. The third-order valence-corrected chi connectivity index (χ3v) is 3.45. The highest BCUT2D eigenvalue weighted by Crippen LogP contribution is 2.23. The van der Waals surface area contributed by atoms with Crippen LogP contribution in [0.1, 0.15) is 30.5 Å². The molecular weight excluding hydrogens is 214 g/mol. The Hall–Kier alpha value is -1.42. The molecule has 1 heterocycles. The molecule has 2 unspecified atom stereocenters. The molecule has 4 heteroatoms. The number of carbonyl (C=O) groups is 1. The molecule has 0 saturated heterocycles. The van der Waals surface area contributed by atoms with Gasteiger partial charge in [-0.1, -0.05) is 12.5 Å². The summed E-state index contributed by atoms with van der Waals surface area (Å²) in [4.78, 5) is 16.2. The number of pyridine rings is 1. The summed E-state index contributed by atoms with van der Waals surface area (Å²) < 4.78 is 0. The molecule has 1 saturated carbocycles. The summed E-state index contributed by atoms with van der Waals surface area (Å²) in [5, 5.41) is 2.93. The second kappa shape index (κ2) is 5.27. The summed E-state index contributed by atoms with van der Waals surface area (Å²) in [6.45, 7) is 2.49. The second-order valence-electron chi connectivity index (χ2n) is 4.69. The molecule has 4 nitrogen and oxygen atoms in total. The fourth-order valence-electron chi connectivity index (χ4n) is 2.32. The van der Waals surface area contributed by atoms with Gasteiger partial charge in [-0.05, 0) is 31.4 Å². The van der Waals surface area contributed by atoms with E-state index in [1.165, 1.54) is 0 Å². The van der Waals surface area contributed by atoms with Crippen LogP contribution in [0.5, 0.6) is 0 Å². The zero-order valence-electron chi connectivity index (χ0n) is 10.1. The van der Waals surface area contributed by atoms with Gasteiger partial charge in [0.25, 0.3) is 0 Å². The molecule has 2 atom stereocenters. The van der Waals surface area contributed by atoms with E-state index in [0.717, 1.165) is 30.5 Å². The standard InChI is InChI=1S/C13H19N3O/c1-9-4-3-7-15-12(9)8-16-13(17)10-5-2-6-11(10)14/h3-4,7,10-11H,2,5-6,8,14H2,1H3,(H,16,17). The molecule has 0 radical (unpaired) electrons. The Kier molecular flexibility index (Phi) is 3.74. The van der Waals surface area contributed by atoms with Crippen molar-refractivity contribution >= 4 is 5.91 Å². The third kappa shape index (κ3) is 2.82. The van der Waals surface area contributed by atoms with Gasteiger partial charge in [-0.25, -0.2) is 0 Å². The highest BCUT2D eigenvalue weighted by molar-refractivity contribution is 5.79. The summed E-state index contributed by atoms with van der Waals surface area (Å²) in [5.74, 6) is 0.0547. The van der Waals surface area contributed by atoms with Crippen molar-refractivity contribution in [2.75, 3.05) is 0 Å². The molecule has 0 aliphatic heterocycles. The van der Waals surface area contributed by atoms with Gasteiger partial charge in [0.1, 0.15) is 0 Å². The van der Waals surface area contributed by atoms with Crippen molar-refractivity contribution in [2.24, 2.45) is 11.7 Å². The van der Waals surface area contributed by atoms with E-state index in [-0.39, 0.29) is 17.9 Å². The van der Waals surface area contributed by atoms with Crippen LogP contribution in [0.25, 0.3) is 0 Å². The lowest BCUT2D eigenvalue weighted by atomic mass is 10.0. The molecule has 0 aromatic carbocycles. The Morgan fingerprint density at radius 1 is 1.59 bits per heavy atom. The minimum absolute atomic E-state index is 0.0148. The number of hydrogen-bond acceptors (Lipinski definition) is 3. The van der Waals surface area contributed by atoms with Crippen LogP contribution >= 0.6 is 0 Å². The van der Waals surface area contributed by atoms with Gasteiger partial charge in [0.15, 0.2) is 0 Å². The molecule has 1 aromatic heterocycles. The smallest absolute Gasteiger partial charge is 0.224 e. The van der Waals surface area contributed by atoms with E-state index in [9.17, 15) is 4.79 Å². The number of nitrogens with zero attached hydrogens (tertiary/aromatic N) is 1. The molecule has 1 aliphatic carbocycles. The van der Waals surface area contributed by atoms with Crippen molar-refractivity contribution in [3.05, 3.63) is 29.6 Å². The van der Waals surface area contributed by atoms with Crippen molar-refractivity contribution < 1.29 is 4.79 Å². The Bertz CT molecular complexity index is 405. The summed E-state index contributed by atoms with van der Waals surface area (Å²) in [5.41, 5.74) is 7.93. The topological polar surface area (TPSA) is 68.0 Å². The molecule has 1 aliphatic rings. The van der Waals surface area contributed by atoms with E-state index in [2.05, 4.69) is 10.3 Å². The lowest BCUT2D eigenvalue weighted by Crippen LogP contribution is -2.38. The van der Waals surface area contributed by atoms with Gasteiger partial charge in [-0.2, -0.15) is 0 Å². The van der Waals surface area contributed by atoms with Crippen LogP contribution in [0.2, 0.25) is 0 Å². The summed E-state index contributed by atoms with van der Waals surface area (Å²) in [7, 11) is 0. The summed E-state index contributed by atoms with van der Waals surface area (Å²) in [6.07, 6.45) is 4.67. The van der Waals surface area contributed by atoms with Crippen molar-refractivity contribution in [2.45, 2.75) is 38.8 Å². The van der Waals surface area contributed by atoms with Crippen molar-refractivity contribution in [3.8, 4) is 0 Å².